The maximum absolute atomic E-state index is 10.8. The number of nitrogens with zero attached hydrogens (tertiary/aromatic N) is 2. The summed E-state index contributed by atoms with van der Waals surface area (Å²) in [6.07, 6.45) is 3.41. The molecule has 92 valence electrons. The predicted molar refractivity (Wildman–Crippen MR) is 62.0 cm³/mol. The molecule has 6 heteroatoms. The van der Waals surface area contributed by atoms with Crippen molar-refractivity contribution in [1.29, 1.82) is 0 Å². The zero-order valence-electron chi connectivity index (χ0n) is 9.63. The molecule has 0 bridgehead atoms. The van der Waals surface area contributed by atoms with Gasteiger partial charge in [0.15, 0.2) is 0 Å². The molecule has 0 atom stereocenters. The second-order valence-corrected chi connectivity index (χ2v) is 4.22. The molecule has 0 amide bonds. The lowest BCUT2D eigenvalue weighted by molar-refractivity contribution is -0.386. The Labute approximate surface area is 99.2 Å². The van der Waals surface area contributed by atoms with E-state index in [4.69, 9.17) is 4.74 Å². The molecule has 6 nitrogen and oxygen atoms in total. The summed E-state index contributed by atoms with van der Waals surface area (Å²) in [4.78, 5) is 14.2. The van der Waals surface area contributed by atoms with Gasteiger partial charge in [0.2, 0.25) is 0 Å². The van der Waals surface area contributed by atoms with E-state index in [1.165, 1.54) is 18.3 Å². The van der Waals surface area contributed by atoms with Gasteiger partial charge in [0.25, 0.3) is 5.88 Å². The van der Waals surface area contributed by atoms with Crippen LogP contribution >= 0.6 is 0 Å². The fourth-order valence-electron chi connectivity index (χ4n) is 2.00. The number of pyridine rings is 1. The van der Waals surface area contributed by atoms with Crippen molar-refractivity contribution in [2.24, 2.45) is 5.92 Å². The summed E-state index contributed by atoms with van der Waals surface area (Å²) in [7, 11) is 1.91. The Morgan fingerprint density at radius 2 is 2.41 bits per heavy atom. The lowest BCUT2D eigenvalue weighted by atomic mass is 9.82. The SMILES string of the molecule is CNCC1CC(Oc2ncccc2[N+](=O)[O-])C1. The van der Waals surface area contributed by atoms with Crippen LogP contribution in [0.4, 0.5) is 5.69 Å². The van der Waals surface area contributed by atoms with Crippen molar-refractivity contribution in [2.75, 3.05) is 13.6 Å². The molecule has 1 heterocycles. The molecule has 1 saturated carbocycles. The van der Waals surface area contributed by atoms with E-state index in [0.717, 1.165) is 19.4 Å². The normalized spacial score (nSPS) is 22.9. The molecule has 0 unspecified atom stereocenters. The number of ether oxygens (including phenoxy) is 1. The molecule has 2 rings (SSSR count). The van der Waals surface area contributed by atoms with Crippen molar-refractivity contribution in [1.82, 2.24) is 10.3 Å². The molecule has 1 aromatic rings. The highest BCUT2D eigenvalue weighted by atomic mass is 16.6. The first kappa shape index (κ1) is 11.8. The van der Waals surface area contributed by atoms with Crippen LogP contribution in [-0.2, 0) is 0 Å². The second-order valence-electron chi connectivity index (χ2n) is 4.22. The summed E-state index contributed by atoms with van der Waals surface area (Å²) >= 11 is 0. The van der Waals surface area contributed by atoms with Gasteiger partial charge in [0.05, 0.1) is 4.92 Å². The Kier molecular flexibility index (Phi) is 3.53. The standard InChI is InChI=1S/C11H15N3O3/c1-12-7-8-5-9(6-8)17-11-10(14(15)16)3-2-4-13-11/h2-4,8-9,12H,5-7H2,1H3. The van der Waals surface area contributed by atoms with Crippen LogP contribution in [0.3, 0.4) is 0 Å². The Morgan fingerprint density at radius 3 is 3.06 bits per heavy atom. The summed E-state index contributed by atoms with van der Waals surface area (Å²) < 4.78 is 5.54. The molecule has 0 aromatic carbocycles. The zero-order chi connectivity index (χ0) is 12.3. The van der Waals surface area contributed by atoms with Gasteiger partial charge in [-0.1, -0.05) is 0 Å². The van der Waals surface area contributed by atoms with Crippen molar-refractivity contribution in [3.63, 3.8) is 0 Å². The van der Waals surface area contributed by atoms with Crippen LogP contribution in [0.25, 0.3) is 0 Å². The molecule has 1 N–H and O–H groups in total. The van der Waals surface area contributed by atoms with Gasteiger partial charge in [-0.25, -0.2) is 4.98 Å². The third kappa shape index (κ3) is 2.71. The Morgan fingerprint density at radius 1 is 1.65 bits per heavy atom. The zero-order valence-corrected chi connectivity index (χ0v) is 9.63. The van der Waals surface area contributed by atoms with Crippen LogP contribution in [0.1, 0.15) is 12.8 Å². The molecule has 1 fully saturated rings. The van der Waals surface area contributed by atoms with E-state index in [0.29, 0.717) is 5.92 Å². The molecular weight excluding hydrogens is 222 g/mol. The third-order valence-electron chi connectivity index (χ3n) is 2.91. The van der Waals surface area contributed by atoms with E-state index in [-0.39, 0.29) is 17.7 Å². The Balaban J connectivity index is 1.94. The van der Waals surface area contributed by atoms with Gasteiger partial charge in [-0.2, -0.15) is 0 Å². The predicted octanol–water partition coefficient (Wildman–Crippen LogP) is 1.37. The number of hydrogen-bond donors (Lipinski definition) is 1. The molecule has 0 spiro atoms. The highest BCUT2D eigenvalue weighted by Crippen LogP contribution is 2.33. The lowest BCUT2D eigenvalue weighted by Gasteiger charge is -2.34. The number of hydrogen-bond acceptors (Lipinski definition) is 5. The Hall–Kier alpha value is -1.69. The topological polar surface area (TPSA) is 77.3 Å². The summed E-state index contributed by atoms with van der Waals surface area (Å²) in [6.45, 7) is 0.962. The average molecular weight is 237 g/mol. The molecule has 17 heavy (non-hydrogen) atoms. The molecule has 1 aromatic heterocycles. The van der Waals surface area contributed by atoms with Gasteiger partial charge in [-0.05, 0) is 38.4 Å². The van der Waals surface area contributed by atoms with E-state index in [9.17, 15) is 10.1 Å². The van der Waals surface area contributed by atoms with E-state index in [1.807, 2.05) is 7.05 Å². The summed E-state index contributed by atoms with van der Waals surface area (Å²) in [5, 5.41) is 13.9. The molecule has 0 radical (unpaired) electrons. The first-order valence-electron chi connectivity index (χ1n) is 5.61. The van der Waals surface area contributed by atoms with Crippen molar-refractivity contribution >= 4 is 5.69 Å². The second kappa shape index (κ2) is 5.09. The molecular formula is C11H15N3O3. The largest absolute Gasteiger partial charge is 0.469 e. The fourth-order valence-corrected chi connectivity index (χ4v) is 2.00. The van der Waals surface area contributed by atoms with Crippen molar-refractivity contribution in [3.05, 3.63) is 28.4 Å². The van der Waals surface area contributed by atoms with E-state index in [1.54, 1.807) is 0 Å². The third-order valence-corrected chi connectivity index (χ3v) is 2.91. The van der Waals surface area contributed by atoms with Crippen molar-refractivity contribution in [2.45, 2.75) is 18.9 Å². The van der Waals surface area contributed by atoms with Gasteiger partial charge in [-0.15, -0.1) is 0 Å². The van der Waals surface area contributed by atoms with Crippen LogP contribution < -0.4 is 10.1 Å². The van der Waals surface area contributed by atoms with Crippen LogP contribution in [-0.4, -0.2) is 29.6 Å². The first-order valence-corrected chi connectivity index (χ1v) is 5.61. The van der Waals surface area contributed by atoms with Crippen molar-refractivity contribution < 1.29 is 9.66 Å². The number of nitro groups is 1. The van der Waals surface area contributed by atoms with Crippen molar-refractivity contribution in [3.8, 4) is 5.88 Å². The summed E-state index contributed by atoms with van der Waals surface area (Å²) in [5.74, 6) is 0.734. The summed E-state index contributed by atoms with van der Waals surface area (Å²) in [6, 6.07) is 2.95. The molecule has 1 aliphatic rings. The molecule has 1 aliphatic carbocycles. The molecule has 0 aliphatic heterocycles. The smallest absolute Gasteiger partial charge is 0.330 e. The minimum Gasteiger partial charge on any atom is -0.469 e. The van der Waals surface area contributed by atoms with Gasteiger partial charge in [-0.3, -0.25) is 10.1 Å². The minimum absolute atomic E-state index is 0.0574. The van der Waals surface area contributed by atoms with E-state index >= 15 is 0 Å². The van der Waals surface area contributed by atoms with Gasteiger partial charge < -0.3 is 10.1 Å². The lowest BCUT2D eigenvalue weighted by Crippen LogP contribution is -2.38. The van der Waals surface area contributed by atoms with Gasteiger partial charge >= 0.3 is 5.69 Å². The maximum Gasteiger partial charge on any atom is 0.330 e. The number of nitrogens with one attached hydrogen (secondary N) is 1. The van der Waals surface area contributed by atoms with E-state index < -0.39 is 4.92 Å². The molecule has 0 saturated heterocycles. The van der Waals surface area contributed by atoms with Crippen LogP contribution in [0, 0.1) is 16.0 Å². The van der Waals surface area contributed by atoms with Crippen LogP contribution in [0.2, 0.25) is 0 Å². The summed E-state index contributed by atoms with van der Waals surface area (Å²) in [5.41, 5.74) is -0.0652. The Bertz CT molecular complexity index is 405. The fraction of sp³-hybridized carbons (Fsp3) is 0.545. The van der Waals surface area contributed by atoms with Gasteiger partial charge in [0.1, 0.15) is 6.10 Å². The maximum atomic E-state index is 10.8. The highest BCUT2D eigenvalue weighted by Gasteiger charge is 2.32. The minimum atomic E-state index is -0.466. The van der Waals surface area contributed by atoms with Gasteiger partial charge in [0, 0.05) is 12.3 Å². The number of rotatable bonds is 5. The van der Waals surface area contributed by atoms with Crippen LogP contribution in [0.5, 0.6) is 5.88 Å². The average Bonchev–Trinajstić information content (AvgIpc) is 2.26. The quantitative estimate of drug-likeness (QED) is 0.618. The van der Waals surface area contributed by atoms with E-state index in [2.05, 4.69) is 10.3 Å². The van der Waals surface area contributed by atoms with Crippen LogP contribution in [0.15, 0.2) is 18.3 Å². The monoisotopic (exact) mass is 237 g/mol. The highest BCUT2D eigenvalue weighted by molar-refractivity contribution is 5.39. The number of aromatic nitrogens is 1. The first-order chi connectivity index (χ1) is 8.20.